The molecular weight excluding hydrogens is 360 g/mol. The van der Waals surface area contributed by atoms with Gasteiger partial charge in [0.1, 0.15) is 11.5 Å². The zero-order valence-corrected chi connectivity index (χ0v) is 18.6. The Morgan fingerprint density at radius 1 is 1.00 bits per heavy atom. The van der Waals surface area contributed by atoms with Crippen LogP contribution in [0.3, 0.4) is 0 Å². The first-order chi connectivity index (χ1) is 13.7. The Morgan fingerprint density at radius 2 is 1.52 bits per heavy atom. The molecule has 0 saturated carbocycles. The molecule has 2 rings (SSSR count). The van der Waals surface area contributed by atoms with Crippen molar-refractivity contribution >= 4 is 5.97 Å². The number of carbonyl (C=O) groups is 1. The van der Waals surface area contributed by atoms with E-state index in [-0.39, 0.29) is 11.8 Å². The summed E-state index contributed by atoms with van der Waals surface area (Å²) in [5, 5.41) is 11.0. The fourth-order valence-electron chi connectivity index (χ4n) is 3.68. The highest BCUT2D eigenvalue weighted by molar-refractivity contribution is 5.84. The minimum Gasteiger partial charge on any atom is -0.507 e. The number of carbonyl (C=O) groups excluding carboxylic acids is 1. The maximum Gasteiger partial charge on any atom is 0.335 e. The van der Waals surface area contributed by atoms with Crippen molar-refractivity contribution in [1.82, 2.24) is 0 Å². The van der Waals surface area contributed by atoms with Crippen molar-refractivity contribution in [2.75, 3.05) is 0 Å². The molecule has 2 aromatic rings. The first kappa shape index (κ1) is 22.7. The summed E-state index contributed by atoms with van der Waals surface area (Å²) in [6.45, 7) is 16.1. The number of hydrogen-bond donors (Lipinski definition) is 1. The lowest BCUT2D eigenvalue weighted by molar-refractivity contribution is -0.129. The van der Waals surface area contributed by atoms with Crippen molar-refractivity contribution in [2.24, 2.45) is 0 Å². The molecule has 29 heavy (non-hydrogen) atoms. The molecule has 2 atom stereocenters. The van der Waals surface area contributed by atoms with E-state index in [1.165, 1.54) is 6.08 Å². The molecule has 2 aromatic carbocycles. The normalized spacial score (nSPS) is 13.0. The van der Waals surface area contributed by atoms with Crippen molar-refractivity contribution in [3.8, 4) is 11.5 Å². The Kier molecular flexibility index (Phi) is 7.66. The largest absolute Gasteiger partial charge is 0.507 e. The summed E-state index contributed by atoms with van der Waals surface area (Å²) in [5.41, 5.74) is 5.99. The summed E-state index contributed by atoms with van der Waals surface area (Å²) in [5.74, 6) is 1.01. The number of ether oxygens (including phenoxy) is 1. The number of benzene rings is 2. The molecule has 0 fully saturated rings. The van der Waals surface area contributed by atoms with Crippen molar-refractivity contribution in [3.63, 3.8) is 0 Å². The maximum atomic E-state index is 12.0. The summed E-state index contributed by atoms with van der Waals surface area (Å²) in [6, 6.07) is 8.21. The van der Waals surface area contributed by atoms with Crippen molar-refractivity contribution in [3.05, 3.63) is 70.3 Å². The van der Waals surface area contributed by atoms with Crippen molar-refractivity contribution < 1.29 is 14.6 Å². The zero-order valence-electron chi connectivity index (χ0n) is 18.6. The van der Waals surface area contributed by atoms with Crippen LogP contribution in [-0.4, -0.2) is 11.1 Å². The van der Waals surface area contributed by atoms with Crippen LogP contribution in [0.4, 0.5) is 0 Å². The van der Waals surface area contributed by atoms with Crippen molar-refractivity contribution in [1.29, 1.82) is 0 Å². The van der Waals surface area contributed by atoms with Gasteiger partial charge in [-0.2, -0.15) is 0 Å². The topological polar surface area (TPSA) is 46.5 Å². The standard InChI is InChI=1S/C26H34O3/c1-8-18(6)22-13-16(4)11-20(25(22)28)15-21-12-17(5)14-23(19(7)9-2)26(21)29-24(27)10-3/h10-14,18-19,28H,3,8-9,15H2,1-2,4-7H3. The molecule has 0 aromatic heterocycles. The number of phenolic OH excluding ortho intramolecular Hbond substituents is 1. The minimum absolute atomic E-state index is 0.253. The van der Waals surface area contributed by atoms with Gasteiger partial charge in [0, 0.05) is 12.5 Å². The summed E-state index contributed by atoms with van der Waals surface area (Å²) >= 11 is 0. The molecule has 0 radical (unpaired) electrons. The molecule has 0 aliphatic rings. The molecule has 3 nitrogen and oxygen atoms in total. The maximum absolute atomic E-state index is 12.0. The fraction of sp³-hybridized carbons (Fsp3) is 0.423. The zero-order chi connectivity index (χ0) is 21.7. The number of aromatic hydroxyl groups is 1. The number of rotatable bonds is 8. The van der Waals surface area contributed by atoms with E-state index in [2.05, 4.69) is 53.3 Å². The highest BCUT2D eigenvalue weighted by atomic mass is 16.5. The number of hydrogen-bond acceptors (Lipinski definition) is 3. The van der Waals surface area contributed by atoms with E-state index in [0.29, 0.717) is 17.9 Å². The van der Waals surface area contributed by atoms with Crippen LogP contribution in [0.5, 0.6) is 11.5 Å². The molecule has 156 valence electrons. The minimum atomic E-state index is -0.464. The summed E-state index contributed by atoms with van der Waals surface area (Å²) < 4.78 is 5.71. The van der Waals surface area contributed by atoms with Gasteiger partial charge in [-0.1, -0.05) is 69.7 Å². The molecule has 2 unspecified atom stereocenters. The second kappa shape index (κ2) is 9.78. The third kappa shape index (κ3) is 5.29. The molecule has 0 spiro atoms. The molecule has 3 heteroatoms. The lowest BCUT2D eigenvalue weighted by Gasteiger charge is -2.21. The van der Waals surface area contributed by atoms with Gasteiger partial charge in [0.25, 0.3) is 0 Å². The number of phenols is 1. The van der Waals surface area contributed by atoms with E-state index in [9.17, 15) is 9.90 Å². The lowest BCUT2D eigenvalue weighted by atomic mass is 9.88. The summed E-state index contributed by atoms with van der Waals surface area (Å²) in [6.07, 6.45) is 3.59. The van der Waals surface area contributed by atoms with Crippen molar-refractivity contribution in [2.45, 2.75) is 72.6 Å². The molecular formula is C26H34O3. The van der Waals surface area contributed by atoms with Gasteiger partial charge in [0.2, 0.25) is 0 Å². The average molecular weight is 395 g/mol. The number of esters is 1. The van der Waals surface area contributed by atoms with Crippen LogP contribution in [0.25, 0.3) is 0 Å². The Bertz CT molecular complexity index is 895. The SMILES string of the molecule is C=CC(=O)Oc1c(Cc2cc(C)cc(C(C)CC)c2O)cc(C)cc1C(C)CC. The Morgan fingerprint density at radius 3 is 2.07 bits per heavy atom. The Labute approximate surface area is 175 Å². The van der Waals surface area contributed by atoms with Crippen LogP contribution in [0.15, 0.2) is 36.9 Å². The van der Waals surface area contributed by atoms with Gasteiger partial charge in [-0.25, -0.2) is 4.79 Å². The first-order valence-corrected chi connectivity index (χ1v) is 10.5. The number of aryl methyl sites for hydroxylation is 2. The van der Waals surface area contributed by atoms with Crippen LogP contribution < -0.4 is 4.74 Å². The summed E-state index contributed by atoms with van der Waals surface area (Å²) in [4.78, 5) is 12.0. The molecule has 0 aliphatic carbocycles. The molecule has 0 bridgehead atoms. The van der Waals surface area contributed by atoms with Gasteiger partial charge >= 0.3 is 5.97 Å². The van der Waals surface area contributed by atoms with E-state index < -0.39 is 5.97 Å². The smallest absolute Gasteiger partial charge is 0.335 e. The van der Waals surface area contributed by atoms with Gasteiger partial charge in [-0.3, -0.25) is 0 Å². The van der Waals surface area contributed by atoms with E-state index in [1.54, 1.807) is 0 Å². The highest BCUT2D eigenvalue weighted by Crippen LogP contribution is 2.38. The van der Waals surface area contributed by atoms with Gasteiger partial charge in [-0.05, 0) is 60.8 Å². The quantitative estimate of drug-likeness (QED) is 0.307. The molecule has 0 saturated heterocycles. The molecule has 0 amide bonds. The average Bonchev–Trinajstić information content (AvgIpc) is 2.70. The predicted octanol–water partition coefficient (Wildman–Crippen LogP) is 6.72. The molecule has 0 heterocycles. The van der Waals surface area contributed by atoms with E-state index >= 15 is 0 Å². The van der Waals surface area contributed by atoms with Gasteiger partial charge in [0.15, 0.2) is 0 Å². The molecule has 1 N–H and O–H groups in total. The van der Waals surface area contributed by atoms with Crippen LogP contribution in [0.2, 0.25) is 0 Å². The first-order valence-electron chi connectivity index (χ1n) is 10.5. The van der Waals surface area contributed by atoms with E-state index in [0.717, 1.165) is 46.2 Å². The van der Waals surface area contributed by atoms with Crippen LogP contribution in [0, 0.1) is 13.8 Å². The van der Waals surface area contributed by atoms with Gasteiger partial charge in [-0.15, -0.1) is 0 Å². The van der Waals surface area contributed by atoms with Crippen LogP contribution >= 0.6 is 0 Å². The highest BCUT2D eigenvalue weighted by Gasteiger charge is 2.20. The van der Waals surface area contributed by atoms with E-state index in [4.69, 9.17) is 4.74 Å². The Balaban J connectivity index is 2.63. The van der Waals surface area contributed by atoms with Crippen LogP contribution in [-0.2, 0) is 11.2 Å². The lowest BCUT2D eigenvalue weighted by Crippen LogP contribution is -2.10. The van der Waals surface area contributed by atoms with Gasteiger partial charge in [0.05, 0.1) is 0 Å². The second-order valence-corrected chi connectivity index (χ2v) is 8.12. The fourth-order valence-corrected chi connectivity index (χ4v) is 3.68. The van der Waals surface area contributed by atoms with Gasteiger partial charge < -0.3 is 9.84 Å². The van der Waals surface area contributed by atoms with Crippen LogP contribution in [0.1, 0.15) is 85.8 Å². The Hall–Kier alpha value is -2.55. The monoisotopic (exact) mass is 394 g/mol. The van der Waals surface area contributed by atoms with E-state index in [1.807, 2.05) is 19.1 Å². The molecule has 0 aliphatic heterocycles. The predicted molar refractivity (Wildman–Crippen MR) is 120 cm³/mol. The summed E-state index contributed by atoms with van der Waals surface area (Å²) in [7, 11) is 0. The third-order valence-electron chi connectivity index (χ3n) is 5.74. The third-order valence-corrected chi connectivity index (χ3v) is 5.74. The second-order valence-electron chi connectivity index (χ2n) is 8.12.